The van der Waals surface area contributed by atoms with Crippen molar-refractivity contribution in [2.24, 2.45) is 5.92 Å². The van der Waals surface area contributed by atoms with Gasteiger partial charge in [0, 0.05) is 35.8 Å². The number of carbonyl (C=O) groups is 1. The van der Waals surface area contributed by atoms with Crippen molar-refractivity contribution in [1.29, 1.82) is 0 Å². The molecule has 2 aromatic rings. The molecule has 0 saturated carbocycles. The number of rotatable bonds is 4. The summed E-state index contributed by atoms with van der Waals surface area (Å²) in [6.45, 7) is 0.152. The largest absolute Gasteiger partial charge is 0.326 e. The van der Waals surface area contributed by atoms with E-state index >= 15 is 0 Å². The van der Waals surface area contributed by atoms with Crippen molar-refractivity contribution < 1.29 is 22.0 Å². The number of piperidine rings is 1. The molecule has 0 bridgehead atoms. The van der Waals surface area contributed by atoms with Gasteiger partial charge in [0.05, 0.1) is 0 Å². The first-order chi connectivity index (χ1) is 12.8. The first kappa shape index (κ1) is 19.7. The zero-order valence-corrected chi connectivity index (χ0v) is 15.7. The molecule has 1 aliphatic rings. The fraction of sp³-hybridized carbons (Fsp3) is 0.278. The topological polar surface area (TPSA) is 66.5 Å². The van der Waals surface area contributed by atoms with Gasteiger partial charge in [-0.15, -0.1) is 0 Å². The molecular weight excluding hydrogens is 398 g/mol. The minimum absolute atomic E-state index is 0.0762. The van der Waals surface area contributed by atoms with Gasteiger partial charge >= 0.3 is 0 Å². The van der Waals surface area contributed by atoms with Crippen LogP contribution in [0.3, 0.4) is 0 Å². The van der Waals surface area contributed by atoms with Crippen molar-refractivity contribution >= 4 is 33.2 Å². The molecule has 1 fully saturated rings. The van der Waals surface area contributed by atoms with Gasteiger partial charge in [-0.25, -0.2) is 17.2 Å². The summed E-state index contributed by atoms with van der Waals surface area (Å²) in [7, 11) is -4.08. The second-order valence-electron chi connectivity index (χ2n) is 6.25. The van der Waals surface area contributed by atoms with E-state index in [0.717, 1.165) is 16.4 Å². The lowest BCUT2D eigenvalue weighted by Crippen LogP contribution is -2.41. The summed E-state index contributed by atoms with van der Waals surface area (Å²) >= 11 is 5.89. The fourth-order valence-corrected chi connectivity index (χ4v) is 4.70. The highest BCUT2D eigenvalue weighted by molar-refractivity contribution is 7.89. The lowest BCUT2D eigenvalue weighted by Gasteiger charge is -2.30. The average molecular weight is 415 g/mol. The molecule has 0 atom stereocenters. The molecule has 2 aromatic carbocycles. The number of hydrogen-bond donors (Lipinski definition) is 1. The van der Waals surface area contributed by atoms with Crippen LogP contribution in [0.2, 0.25) is 5.02 Å². The number of sulfonamides is 1. The van der Waals surface area contributed by atoms with E-state index in [1.807, 2.05) is 0 Å². The summed E-state index contributed by atoms with van der Waals surface area (Å²) in [6, 6.07) is 9.09. The molecule has 144 valence electrons. The Morgan fingerprint density at radius 3 is 2.44 bits per heavy atom. The van der Waals surface area contributed by atoms with Gasteiger partial charge in [0.1, 0.15) is 16.5 Å². The van der Waals surface area contributed by atoms with Crippen LogP contribution in [0, 0.1) is 17.6 Å². The van der Waals surface area contributed by atoms with Crippen LogP contribution in [0.5, 0.6) is 0 Å². The maximum Gasteiger partial charge on any atom is 0.245 e. The van der Waals surface area contributed by atoms with E-state index in [9.17, 15) is 22.0 Å². The highest BCUT2D eigenvalue weighted by Gasteiger charge is 2.33. The van der Waals surface area contributed by atoms with Crippen LogP contribution >= 0.6 is 11.6 Å². The number of halogens is 3. The molecule has 27 heavy (non-hydrogen) atoms. The number of carbonyl (C=O) groups excluding carboxylic acids is 1. The SMILES string of the molecule is O=C(Nc1cccc(Cl)c1)C1CCN(S(=O)(=O)c2ccc(F)cc2F)CC1. The number of hydrogen-bond acceptors (Lipinski definition) is 3. The maximum atomic E-state index is 13.9. The monoisotopic (exact) mass is 414 g/mol. The van der Waals surface area contributed by atoms with Crippen LogP contribution in [0.25, 0.3) is 0 Å². The van der Waals surface area contributed by atoms with Crippen molar-refractivity contribution in [2.75, 3.05) is 18.4 Å². The second kappa shape index (κ2) is 7.92. The summed E-state index contributed by atoms with van der Waals surface area (Å²) in [6.07, 6.45) is 0.600. The first-order valence-electron chi connectivity index (χ1n) is 8.29. The lowest BCUT2D eigenvalue weighted by atomic mass is 9.97. The van der Waals surface area contributed by atoms with Gasteiger partial charge < -0.3 is 5.32 Å². The standard InChI is InChI=1S/C18H17ClF2N2O3S/c19-13-2-1-3-15(10-13)22-18(24)12-6-8-23(9-7-12)27(25,26)17-5-4-14(20)11-16(17)21/h1-5,10-12H,6-9H2,(H,22,24). The summed E-state index contributed by atoms with van der Waals surface area (Å²) in [5.74, 6) is -2.56. The minimum atomic E-state index is -4.08. The quantitative estimate of drug-likeness (QED) is 0.830. The molecule has 0 aromatic heterocycles. The second-order valence-corrected chi connectivity index (χ2v) is 8.60. The molecule has 9 heteroatoms. The van der Waals surface area contributed by atoms with Crippen molar-refractivity contribution in [1.82, 2.24) is 4.31 Å². The highest BCUT2D eigenvalue weighted by Crippen LogP contribution is 2.27. The van der Waals surface area contributed by atoms with E-state index in [-0.39, 0.29) is 24.9 Å². The van der Waals surface area contributed by atoms with E-state index in [1.54, 1.807) is 24.3 Å². The Bertz CT molecular complexity index is 961. The number of anilines is 1. The van der Waals surface area contributed by atoms with Gasteiger partial charge in [0.15, 0.2) is 0 Å². The number of benzene rings is 2. The molecule has 5 nitrogen and oxygen atoms in total. The Labute approximate surface area is 161 Å². The third kappa shape index (κ3) is 4.45. The van der Waals surface area contributed by atoms with Crippen LogP contribution in [-0.4, -0.2) is 31.7 Å². The Balaban J connectivity index is 1.65. The highest BCUT2D eigenvalue weighted by atomic mass is 35.5. The van der Waals surface area contributed by atoms with Crippen LogP contribution in [0.15, 0.2) is 47.4 Å². The van der Waals surface area contributed by atoms with Gasteiger partial charge in [-0.3, -0.25) is 4.79 Å². The number of nitrogens with one attached hydrogen (secondary N) is 1. The first-order valence-corrected chi connectivity index (χ1v) is 10.1. The predicted molar refractivity (Wildman–Crippen MR) is 97.9 cm³/mol. The summed E-state index contributed by atoms with van der Waals surface area (Å²) in [4.78, 5) is 11.8. The molecule has 1 amide bonds. The smallest absolute Gasteiger partial charge is 0.245 e. The van der Waals surface area contributed by atoms with Gasteiger partial charge in [-0.05, 0) is 43.2 Å². The lowest BCUT2D eigenvalue weighted by molar-refractivity contribution is -0.120. The van der Waals surface area contributed by atoms with Crippen LogP contribution < -0.4 is 5.32 Å². The zero-order valence-electron chi connectivity index (χ0n) is 14.2. The molecular formula is C18H17ClF2N2O3S. The zero-order chi connectivity index (χ0) is 19.6. The van der Waals surface area contributed by atoms with Crippen LogP contribution in [0.1, 0.15) is 12.8 Å². The van der Waals surface area contributed by atoms with E-state index in [1.165, 1.54) is 0 Å². The van der Waals surface area contributed by atoms with E-state index < -0.39 is 26.6 Å². The maximum absolute atomic E-state index is 13.9. The normalized spacial score (nSPS) is 16.3. The van der Waals surface area contributed by atoms with Crippen molar-refractivity contribution in [2.45, 2.75) is 17.7 Å². The summed E-state index contributed by atoms with van der Waals surface area (Å²) in [5.41, 5.74) is 0.566. The van der Waals surface area contributed by atoms with Crippen molar-refractivity contribution in [3.05, 3.63) is 59.1 Å². The van der Waals surface area contributed by atoms with Gasteiger partial charge in [0.2, 0.25) is 15.9 Å². The Morgan fingerprint density at radius 1 is 1.11 bits per heavy atom. The fourth-order valence-electron chi connectivity index (χ4n) is 2.99. The molecule has 0 radical (unpaired) electrons. The van der Waals surface area contributed by atoms with E-state index in [4.69, 9.17) is 11.6 Å². The van der Waals surface area contributed by atoms with Gasteiger partial charge in [-0.1, -0.05) is 17.7 Å². The molecule has 1 aliphatic heterocycles. The molecule has 3 rings (SSSR count). The molecule has 0 spiro atoms. The van der Waals surface area contributed by atoms with Gasteiger partial charge in [-0.2, -0.15) is 4.31 Å². The Kier molecular flexibility index (Phi) is 5.78. The molecule has 0 unspecified atom stereocenters. The Morgan fingerprint density at radius 2 is 1.81 bits per heavy atom. The molecule has 1 heterocycles. The molecule has 1 N–H and O–H groups in total. The summed E-state index contributed by atoms with van der Waals surface area (Å²) < 4.78 is 53.1. The van der Waals surface area contributed by atoms with E-state index in [2.05, 4.69) is 5.32 Å². The average Bonchev–Trinajstić information content (AvgIpc) is 2.61. The number of nitrogens with zero attached hydrogens (tertiary/aromatic N) is 1. The summed E-state index contributed by atoms with van der Waals surface area (Å²) in [5, 5.41) is 3.26. The Hall–Kier alpha value is -2.03. The minimum Gasteiger partial charge on any atom is -0.326 e. The van der Waals surface area contributed by atoms with Crippen LogP contribution in [0.4, 0.5) is 14.5 Å². The van der Waals surface area contributed by atoms with Crippen molar-refractivity contribution in [3.8, 4) is 0 Å². The van der Waals surface area contributed by atoms with Gasteiger partial charge in [0.25, 0.3) is 0 Å². The third-order valence-electron chi connectivity index (χ3n) is 4.43. The third-order valence-corrected chi connectivity index (χ3v) is 6.60. The van der Waals surface area contributed by atoms with E-state index in [0.29, 0.717) is 29.6 Å². The molecule has 1 saturated heterocycles. The predicted octanol–water partition coefficient (Wildman–Crippen LogP) is 3.66. The van der Waals surface area contributed by atoms with Crippen molar-refractivity contribution in [3.63, 3.8) is 0 Å². The molecule has 0 aliphatic carbocycles. The number of amides is 1. The van der Waals surface area contributed by atoms with Crippen LogP contribution in [-0.2, 0) is 14.8 Å².